The first-order valence-electron chi connectivity index (χ1n) is 8.22. The second kappa shape index (κ2) is 8.54. The van der Waals surface area contributed by atoms with E-state index in [4.69, 9.17) is 20.8 Å². The monoisotopic (exact) mass is 398 g/mol. The first kappa shape index (κ1) is 19.4. The Balaban J connectivity index is 1.80. The lowest BCUT2D eigenvalue weighted by Gasteiger charge is -2.09. The molecule has 0 aliphatic carbocycles. The highest BCUT2D eigenvalue weighted by atomic mass is 35.5. The molecule has 28 heavy (non-hydrogen) atoms. The molecule has 0 fully saturated rings. The number of hydrogen-bond donors (Lipinski definition) is 0. The van der Waals surface area contributed by atoms with E-state index in [0.29, 0.717) is 10.6 Å². The fourth-order valence-corrected chi connectivity index (χ4v) is 2.69. The number of furan rings is 1. The minimum atomic E-state index is -0.717. The van der Waals surface area contributed by atoms with Crippen molar-refractivity contribution < 1.29 is 28.3 Å². The third-order valence-corrected chi connectivity index (χ3v) is 4.24. The Labute approximate surface area is 165 Å². The standard InChI is InChI=1S/C21H15ClO6/c1-26-20(24)17-10-11-27-18(17)12-28-21(25)16-5-3-2-4-15(16)19(23)13-6-8-14(22)9-7-13/h2-11H,12H2,1H3. The minimum absolute atomic E-state index is 0.105. The topological polar surface area (TPSA) is 82.8 Å². The summed E-state index contributed by atoms with van der Waals surface area (Å²) in [6.45, 7) is -0.278. The second-order valence-corrected chi connectivity index (χ2v) is 6.14. The Bertz CT molecular complexity index is 1020. The van der Waals surface area contributed by atoms with Crippen molar-refractivity contribution >= 4 is 29.3 Å². The highest BCUT2D eigenvalue weighted by Gasteiger charge is 2.21. The molecule has 0 N–H and O–H groups in total. The van der Waals surface area contributed by atoms with Gasteiger partial charge >= 0.3 is 11.9 Å². The van der Waals surface area contributed by atoms with E-state index in [1.54, 1.807) is 42.5 Å². The smallest absolute Gasteiger partial charge is 0.341 e. The molecule has 0 aliphatic rings. The van der Waals surface area contributed by atoms with Gasteiger partial charge in [-0.25, -0.2) is 9.59 Å². The van der Waals surface area contributed by atoms with E-state index in [1.807, 2.05) is 0 Å². The average Bonchev–Trinajstić information content (AvgIpc) is 3.20. The summed E-state index contributed by atoms with van der Waals surface area (Å²) in [4.78, 5) is 37.0. The summed E-state index contributed by atoms with van der Waals surface area (Å²) >= 11 is 5.85. The van der Waals surface area contributed by atoms with Crippen LogP contribution in [0.5, 0.6) is 0 Å². The Hall–Kier alpha value is -3.38. The summed E-state index contributed by atoms with van der Waals surface area (Å²) in [6, 6.07) is 14.1. The van der Waals surface area contributed by atoms with E-state index in [9.17, 15) is 14.4 Å². The zero-order chi connectivity index (χ0) is 20.1. The van der Waals surface area contributed by atoms with Crippen LogP contribution < -0.4 is 0 Å². The van der Waals surface area contributed by atoms with Crippen molar-refractivity contribution in [3.05, 3.63) is 93.9 Å². The molecular weight excluding hydrogens is 384 g/mol. The second-order valence-electron chi connectivity index (χ2n) is 5.71. The summed E-state index contributed by atoms with van der Waals surface area (Å²) in [7, 11) is 1.24. The molecule has 0 spiro atoms. The van der Waals surface area contributed by atoms with Gasteiger partial charge in [-0.15, -0.1) is 0 Å². The molecular formula is C21H15ClO6. The number of benzene rings is 2. The number of halogens is 1. The fourth-order valence-electron chi connectivity index (χ4n) is 2.57. The predicted octanol–water partition coefficient (Wildman–Crippen LogP) is 4.31. The maximum absolute atomic E-state index is 12.8. The van der Waals surface area contributed by atoms with E-state index in [1.165, 1.54) is 25.5 Å². The number of rotatable bonds is 6. The van der Waals surface area contributed by atoms with Crippen molar-refractivity contribution in [2.45, 2.75) is 6.61 Å². The summed E-state index contributed by atoms with van der Waals surface area (Å²) in [5.74, 6) is -1.50. The molecule has 0 saturated heterocycles. The number of ketones is 1. The zero-order valence-corrected chi connectivity index (χ0v) is 15.6. The van der Waals surface area contributed by atoms with Crippen molar-refractivity contribution in [1.82, 2.24) is 0 Å². The van der Waals surface area contributed by atoms with Gasteiger partial charge in [-0.3, -0.25) is 4.79 Å². The van der Waals surface area contributed by atoms with Gasteiger partial charge in [0.15, 0.2) is 18.2 Å². The molecule has 1 aromatic heterocycles. The van der Waals surface area contributed by atoms with Crippen molar-refractivity contribution in [3.8, 4) is 0 Å². The first-order valence-corrected chi connectivity index (χ1v) is 8.60. The van der Waals surface area contributed by atoms with E-state index in [-0.39, 0.29) is 34.8 Å². The number of esters is 2. The SMILES string of the molecule is COC(=O)c1ccoc1COC(=O)c1ccccc1C(=O)c1ccc(Cl)cc1. The van der Waals surface area contributed by atoms with Crippen LogP contribution >= 0.6 is 11.6 Å². The molecule has 3 aromatic rings. The molecule has 2 aromatic carbocycles. The molecule has 3 rings (SSSR count). The average molecular weight is 399 g/mol. The molecule has 0 atom stereocenters. The molecule has 0 amide bonds. The largest absolute Gasteiger partial charge is 0.465 e. The predicted molar refractivity (Wildman–Crippen MR) is 100 cm³/mol. The van der Waals surface area contributed by atoms with E-state index >= 15 is 0 Å². The number of carbonyl (C=O) groups excluding carboxylic acids is 3. The third-order valence-electron chi connectivity index (χ3n) is 3.98. The van der Waals surface area contributed by atoms with Gasteiger partial charge < -0.3 is 13.9 Å². The summed E-state index contributed by atoms with van der Waals surface area (Å²) < 4.78 is 15.1. The van der Waals surface area contributed by atoms with Gasteiger partial charge in [0, 0.05) is 16.1 Å². The van der Waals surface area contributed by atoms with Gasteiger partial charge in [-0.05, 0) is 36.4 Å². The Morgan fingerprint density at radius 3 is 2.25 bits per heavy atom. The molecule has 0 unspecified atom stereocenters. The highest BCUT2D eigenvalue weighted by Crippen LogP contribution is 2.19. The van der Waals surface area contributed by atoms with Crippen LogP contribution in [0.4, 0.5) is 0 Å². The number of ether oxygens (including phenoxy) is 2. The lowest BCUT2D eigenvalue weighted by atomic mass is 9.98. The molecule has 0 saturated carbocycles. The fraction of sp³-hybridized carbons (Fsp3) is 0.0952. The third kappa shape index (κ3) is 4.13. The molecule has 7 heteroatoms. The van der Waals surface area contributed by atoms with Crippen molar-refractivity contribution in [3.63, 3.8) is 0 Å². The highest BCUT2D eigenvalue weighted by molar-refractivity contribution is 6.30. The van der Waals surface area contributed by atoms with Crippen molar-refractivity contribution in [2.24, 2.45) is 0 Å². The van der Waals surface area contributed by atoms with Crippen LogP contribution in [0.1, 0.15) is 42.4 Å². The van der Waals surface area contributed by atoms with Gasteiger partial charge in [-0.1, -0.05) is 29.8 Å². The molecule has 0 bridgehead atoms. The molecule has 142 valence electrons. The van der Waals surface area contributed by atoms with E-state index in [2.05, 4.69) is 4.74 Å². The van der Waals surface area contributed by atoms with Crippen LogP contribution in [0.3, 0.4) is 0 Å². The molecule has 0 radical (unpaired) electrons. The quantitative estimate of drug-likeness (QED) is 0.454. The molecule has 0 aliphatic heterocycles. The summed E-state index contributed by atoms with van der Waals surface area (Å²) in [6.07, 6.45) is 1.30. The van der Waals surface area contributed by atoms with E-state index < -0.39 is 11.9 Å². The number of methoxy groups -OCH3 is 1. The van der Waals surface area contributed by atoms with Gasteiger partial charge in [0.05, 0.1) is 18.9 Å². The summed E-state index contributed by atoms with van der Waals surface area (Å²) in [5, 5.41) is 0.504. The maximum atomic E-state index is 12.8. The Kier molecular flexibility index (Phi) is 5.91. The van der Waals surface area contributed by atoms with Crippen LogP contribution in [0.15, 0.2) is 65.3 Å². The molecule has 6 nitrogen and oxygen atoms in total. The Morgan fingerprint density at radius 1 is 0.893 bits per heavy atom. The van der Waals surface area contributed by atoms with Crippen molar-refractivity contribution in [1.29, 1.82) is 0 Å². The lowest BCUT2D eigenvalue weighted by Crippen LogP contribution is -2.13. The van der Waals surface area contributed by atoms with Crippen LogP contribution in [0, 0.1) is 0 Å². The van der Waals surface area contributed by atoms with Crippen LogP contribution in [0.2, 0.25) is 5.02 Å². The summed E-state index contributed by atoms with van der Waals surface area (Å²) in [5.41, 5.74) is 0.862. The van der Waals surface area contributed by atoms with Crippen LogP contribution in [-0.4, -0.2) is 24.8 Å². The van der Waals surface area contributed by atoms with Crippen LogP contribution in [0.25, 0.3) is 0 Å². The van der Waals surface area contributed by atoms with E-state index in [0.717, 1.165) is 0 Å². The van der Waals surface area contributed by atoms with Gasteiger partial charge in [0.1, 0.15) is 5.56 Å². The maximum Gasteiger partial charge on any atom is 0.341 e. The zero-order valence-electron chi connectivity index (χ0n) is 14.8. The van der Waals surface area contributed by atoms with Gasteiger partial charge in [0.25, 0.3) is 0 Å². The van der Waals surface area contributed by atoms with Crippen molar-refractivity contribution in [2.75, 3.05) is 7.11 Å². The van der Waals surface area contributed by atoms with Gasteiger partial charge in [-0.2, -0.15) is 0 Å². The number of hydrogen-bond acceptors (Lipinski definition) is 6. The van der Waals surface area contributed by atoms with Gasteiger partial charge in [0.2, 0.25) is 0 Å². The van der Waals surface area contributed by atoms with Crippen LogP contribution in [-0.2, 0) is 16.1 Å². The number of carbonyl (C=O) groups is 3. The first-order chi connectivity index (χ1) is 13.5. The normalized spacial score (nSPS) is 10.4. The molecule has 1 heterocycles. The minimum Gasteiger partial charge on any atom is -0.465 e. The lowest BCUT2D eigenvalue weighted by molar-refractivity contribution is 0.0430. The Morgan fingerprint density at radius 2 is 1.57 bits per heavy atom.